The number of aromatic nitrogens is 3. The van der Waals surface area contributed by atoms with Crippen molar-refractivity contribution in [2.45, 2.75) is 31.2 Å². The topological polar surface area (TPSA) is 76.4 Å². The lowest BCUT2D eigenvalue weighted by Gasteiger charge is -2.12. The van der Waals surface area contributed by atoms with E-state index in [9.17, 15) is 9.59 Å². The van der Waals surface area contributed by atoms with E-state index in [1.165, 1.54) is 18.7 Å². The Balaban J connectivity index is 1.57. The molecule has 1 amide bonds. The van der Waals surface area contributed by atoms with Crippen molar-refractivity contribution in [1.82, 2.24) is 14.6 Å². The molecular formula is C22H20N4O2S. The van der Waals surface area contributed by atoms with Crippen molar-refractivity contribution >= 4 is 45.7 Å². The molecule has 2 aromatic carbocycles. The first-order valence-corrected chi connectivity index (χ1v) is 10.1. The summed E-state index contributed by atoms with van der Waals surface area (Å²) < 4.78 is 1.98. The van der Waals surface area contributed by atoms with Crippen molar-refractivity contribution in [3.63, 3.8) is 0 Å². The number of nitrogens with one attached hydrogen (secondary N) is 1. The number of pyridine rings is 1. The number of amides is 1. The summed E-state index contributed by atoms with van der Waals surface area (Å²) in [6.07, 6.45) is 0. The number of fused-ring (bicyclic) bond motifs is 3. The number of thioether (sulfide) groups is 1. The molecule has 29 heavy (non-hydrogen) atoms. The summed E-state index contributed by atoms with van der Waals surface area (Å²) in [6, 6.07) is 17.0. The summed E-state index contributed by atoms with van der Waals surface area (Å²) in [5.74, 6) is -0.147. The largest absolute Gasteiger partial charge is 0.325 e. The molecule has 1 N–H and O–H groups in total. The van der Waals surface area contributed by atoms with Gasteiger partial charge < -0.3 is 5.32 Å². The lowest BCUT2D eigenvalue weighted by molar-refractivity contribution is -0.115. The summed E-state index contributed by atoms with van der Waals surface area (Å²) in [5.41, 5.74) is 4.18. The van der Waals surface area contributed by atoms with Crippen molar-refractivity contribution in [1.29, 1.82) is 0 Å². The standard InChI is InChI=1S/C22H20N4O2S/c1-13-12-20-24-25-22(26(20)19-7-5-4-6-18(13)19)29-15(3)21(28)23-17-10-8-16(9-11-17)14(2)27/h4-12,15H,1-3H3,(H,23,28)/t15-/m1/s1. The zero-order valence-corrected chi connectivity index (χ0v) is 17.2. The molecule has 1 atom stereocenters. The van der Waals surface area contributed by atoms with Crippen LogP contribution in [0.1, 0.15) is 29.8 Å². The van der Waals surface area contributed by atoms with E-state index < -0.39 is 0 Å². The molecule has 0 bridgehead atoms. The second kappa shape index (κ2) is 7.67. The molecule has 0 aliphatic carbocycles. The van der Waals surface area contributed by atoms with Crippen LogP contribution < -0.4 is 5.32 Å². The highest BCUT2D eigenvalue weighted by Crippen LogP contribution is 2.28. The van der Waals surface area contributed by atoms with Gasteiger partial charge in [0.2, 0.25) is 5.91 Å². The number of nitrogens with zero attached hydrogens (tertiary/aromatic N) is 3. The molecule has 2 aromatic heterocycles. The van der Waals surface area contributed by atoms with E-state index in [-0.39, 0.29) is 16.9 Å². The Morgan fingerprint density at radius 1 is 1.07 bits per heavy atom. The molecule has 0 saturated heterocycles. The van der Waals surface area contributed by atoms with E-state index in [0.717, 1.165) is 22.1 Å². The van der Waals surface area contributed by atoms with Crippen LogP contribution in [0, 0.1) is 6.92 Å². The summed E-state index contributed by atoms with van der Waals surface area (Å²) in [5, 5.41) is 12.9. The molecule has 7 heteroatoms. The maximum Gasteiger partial charge on any atom is 0.237 e. The molecule has 146 valence electrons. The van der Waals surface area contributed by atoms with E-state index in [2.05, 4.69) is 28.5 Å². The lowest BCUT2D eigenvalue weighted by Crippen LogP contribution is -2.22. The van der Waals surface area contributed by atoms with Crippen molar-refractivity contribution in [3.05, 3.63) is 65.7 Å². The van der Waals surface area contributed by atoms with Crippen LogP contribution in [0.15, 0.2) is 59.8 Å². The zero-order valence-electron chi connectivity index (χ0n) is 16.3. The summed E-state index contributed by atoms with van der Waals surface area (Å²) >= 11 is 1.36. The molecule has 0 aliphatic heterocycles. The highest BCUT2D eigenvalue weighted by atomic mass is 32.2. The van der Waals surface area contributed by atoms with Crippen molar-refractivity contribution in [2.24, 2.45) is 0 Å². The SMILES string of the molecule is CC(=O)c1ccc(NC(=O)[C@@H](C)Sc2nnc3cc(C)c4ccccc4n23)cc1. The first-order valence-electron chi connectivity index (χ1n) is 9.26. The molecule has 4 rings (SSSR count). The van der Waals surface area contributed by atoms with Crippen LogP contribution in [0.2, 0.25) is 0 Å². The maximum atomic E-state index is 12.7. The van der Waals surface area contributed by atoms with Gasteiger partial charge in [0, 0.05) is 16.6 Å². The van der Waals surface area contributed by atoms with Gasteiger partial charge in [0.05, 0.1) is 10.8 Å². The number of hydrogen-bond acceptors (Lipinski definition) is 5. The van der Waals surface area contributed by atoms with Crippen LogP contribution in [0.4, 0.5) is 5.69 Å². The van der Waals surface area contributed by atoms with E-state index >= 15 is 0 Å². The number of ketones is 1. The van der Waals surface area contributed by atoms with Crippen LogP contribution in [0.25, 0.3) is 16.6 Å². The second-order valence-corrected chi connectivity index (χ2v) is 8.21. The van der Waals surface area contributed by atoms with Crippen molar-refractivity contribution in [2.75, 3.05) is 5.32 Å². The first kappa shape index (κ1) is 19.1. The monoisotopic (exact) mass is 404 g/mol. The molecular weight excluding hydrogens is 384 g/mol. The highest BCUT2D eigenvalue weighted by Gasteiger charge is 2.19. The van der Waals surface area contributed by atoms with E-state index in [1.54, 1.807) is 24.3 Å². The molecule has 0 spiro atoms. The Kier molecular flexibility index (Phi) is 5.07. The Labute approximate surface area is 172 Å². The number of carbonyl (C=O) groups excluding carboxylic acids is 2. The molecule has 0 radical (unpaired) electrons. The van der Waals surface area contributed by atoms with Crippen LogP contribution in [0.5, 0.6) is 0 Å². The summed E-state index contributed by atoms with van der Waals surface area (Å²) in [6.45, 7) is 5.40. The van der Waals surface area contributed by atoms with Gasteiger partial charge in [-0.15, -0.1) is 10.2 Å². The predicted octanol–water partition coefficient (Wildman–Crippen LogP) is 4.51. The van der Waals surface area contributed by atoms with Gasteiger partial charge in [0.15, 0.2) is 16.6 Å². The highest BCUT2D eigenvalue weighted by molar-refractivity contribution is 8.00. The third-order valence-electron chi connectivity index (χ3n) is 4.78. The van der Waals surface area contributed by atoms with E-state index in [1.807, 2.05) is 35.6 Å². The minimum absolute atomic E-state index is 0.00653. The number of Topliss-reactive ketones (excluding diaryl/α,β-unsaturated/α-hetero) is 1. The van der Waals surface area contributed by atoms with Crippen molar-refractivity contribution < 1.29 is 9.59 Å². The van der Waals surface area contributed by atoms with Gasteiger partial charge in [-0.1, -0.05) is 30.0 Å². The van der Waals surface area contributed by atoms with Gasteiger partial charge in [-0.25, -0.2) is 0 Å². The average molecular weight is 404 g/mol. The Morgan fingerprint density at radius 2 is 1.79 bits per heavy atom. The Morgan fingerprint density at radius 3 is 2.52 bits per heavy atom. The third kappa shape index (κ3) is 3.73. The number of rotatable bonds is 5. The third-order valence-corrected chi connectivity index (χ3v) is 5.83. The molecule has 4 aromatic rings. The van der Waals surface area contributed by atoms with Gasteiger partial charge >= 0.3 is 0 Å². The molecule has 0 fully saturated rings. The molecule has 0 aliphatic rings. The number of para-hydroxylation sites is 1. The minimum atomic E-state index is -0.380. The molecule has 0 saturated carbocycles. The first-order chi connectivity index (χ1) is 13.9. The summed E-state index contributed by atoms with van der Waals surface area (Å²) in [7, 11) is 0. The van der Waals surface area contributed by atoms with Gasteiger partial charge in [-0.2, -0.15) is 0 Å². The van der Waals surface area contributed by atoms with Crippen LogP contribution in [0.3, 0.4) is 0 Å². The zero-order chi connectivity index (χ0) is 20.5. The average Bonchev–Trinajstić information content (AvgIpc) is 3.11. The number of aryl methyl sites for hydroxylation is 1. The molecule has 2 heterocycles. The maximum absolute atomic E-state index is 12.7. The van der Waals surface area contributed by atoms with Gasteiger partial charge in [0.1, 0.15) is 0 Å². The van der Waals surface area contributed by atoms with Gasteiger partial charge in [-0.3, -0.25) is 14.0 Å². The van der Waals surface area contributed by atoms with Crippen molar-refractivity contribution in [3.8, 4) is 0 Å². The Bertz CT molecular complexity index is 1230. The summed E-state index contributed by atoms with van der Waals surface area (Å²) in [4.78, 5) is 24.0. The fourth-order valence-corrected chi connectivity index (χ4v) is 4.06. The van der Waals surface area contributed by atoms with Gasteiger partial charge in [0.25, 0.3) is 0 Å². The quantitative estimate of drug-likeness (QED) is 0.391. The van der Waals surface area contributed by atoms with Crippen LogP contribution in [-0.4, -0.2) is 31.5 Å². The molecule has 0 unspecified atom stereocenters. The van der Waals surface area contributed by atoms with Crippen LogP contribution >= 0.6 is 11.8 Å². The number of hydrogen-bond donors (Lipinski definition) is 1. The Hall–Kier alpha value is -3.19. The van der Waals surface area contributed by atoms with Gasteiger partial charge in [-0.05, 0) is 62.7 Å². The second-order valence-electron chi connectivity index (χ2n) is 6.90. The van der Waals surface area contributed by atoms with E-state index in [4.69, 9.17) is 0 Å². The number of benzene rings is 2. The molecule has 6 nitrogen and oxygen atoms in total. The smallest absolute Gasteiger partial charge is 0.237 e. The number of carbonyl (C=O) groups is 2. The predicted molar refractivity (Wildman–Crippen MR) is 116 cm³/mol. The lowest BCUT2D eigenvalue weighted by atomic mass is 10.1. The normalized spacial score (nSPS) is 12.2. The number of anilines is 1. The minimum Gasteiger partial charge on any atom is -0.325 e. The fourth-order valence-electron chi connectivity index (χ4n) is 3.19. The van der Waals surface area contributed by atoms with Crippen LogP contribution in [-0.2, 0) is 4.79 Å². The fraction of sp³-hybridized carbons (Fsp3) is 0.182. The van der Waals surface area contributed by atoms with E-state index in [0.29, 0.717) is 16.4 Å².